The topological polar surface area (TPSA) is 52.9 Å². The first-order chi connectivity index (χ1) is 9.69. The molecular formula is C16H17BrN2O. The Kier molecular flexibility index (Phi) is 5.37. The summed E-state index contributed by atoms with van der Waals surface area (Å²) >= 11 is 3.36. The van der Waals surface area contributed by atoms with Crippen LogP contribution in [0.15, 0.2) is 34.3 Å². The van der Waals surface area contributed by atoms with E-state index in [4.69, 9.17) is 5.26 Å². The van der Waals surface area contributed by atoms with Crippen molar-refractivity contribution in [1.82, 2.24) is 5.32 Å². The van der Waals surface area contributed by atoms with Gasteiger partial charge < -0.3 is 5.32 Å². The molecule has 1 amide bonds. The van der Waals surface area contributed by atoms with E-state index in [-0.39, 0.29) is 17.5 Å². The second kappa shape index (κ2) is 7.25. The minimum atomic E-state index is -0.262. The van der Waals surface area contributed by atoms with Crippen molar-refractivity contribution in [2.75, 3.05) is 0 Å². The van der Waals surface area contributed by atoms with E-state index < -0.39 is 0 Å². The highest BCUT2D eigenvalue weighted by atomic mass is 79.9. The molecule has 1 aliphatic carbocycles. The molecule has 0 bridgehead atoms. The molecule has 3 nitrogen and oxygen atoms in total. The number of nitrogens with zero attached hydrogens (tertiary/aromatic N) is 1. The number of carbonyl (C=O) groups is 1. The quantitative estimate of drug-likeness (QED) is 0.676. The van der Waals surface area contributed by atoms with Gasteiger partial charge in [-0.2, -0.15) is 5.26 Å². The zero-order chi connectivity index (χ0) is 14.4. The van der Waals surface area contributed by atoms with Gasteiger partial charge in [0.2, 0.25) is 0 Å². The highest BCUT2D eigenvalue weighted by molar-refractivity contribution is 9.10. The summed E-state index contributed by atoms with van der Waals surface area (Å²) in [6.45, 7) is 0. The smallest absolute Gasteiger partial charge is 0.262 e. The zero-order valence-corrected chi connectivity index (χ0v) is 12.8. The number of rotatable bonds is 3. The average molecular weight is 333 g/mol. The first kappa shape index (κ1) is 14.8. The van der Waals surface area contributed by atoms with E-state index in [1.54, 1.807) is 6.08 Å². The van der Waals surface area contributed by atoms with Crippen molar-refractivity contribution in [3.63, 3.8) is 0 Å². The number of hydrogen-bond acceptors (Lipinski definition) is 2. The third-order valence-electron chi connectivity index (χ3n) is 3.49. The summed E-state index contributed by atoms with van der Waals surface area (Å²) < 4.78 is 0.972. The Morgan fingerprint density at radius 3 is 2.50 bits per heavy atom. The molecule has 0 atom stereocenters. The van der Waals surface area contributed by atoms with Crippen LogP contribution in [-0.2, 0) is 4.79 Å². The summed E-state index contributed by atoms with van der Waals surface area (Å²) in [6, 6.07) is 9.73. The molecule has 4 heteroatoms. The lowest BCUT2D eigenvalue weighted by atomic mass is 9.95. The first-order valence-electron chi connectivity index (χ1n) is 6.87. The molecule has 1 fully saturated rings. The van der Waals surface area contributed by atoms with Crippen LogP contribution in [0.1, 0.15) is 37.7 Å². The van der Waals surface area contributed by atoms with Crippen molar-refractivity contribution >= 4 is 27.9 Å². The highest BCUT2D eigenvalue weighted by Gasteiger charge is 2.17. The molecule has 2 rings (SSSR count). The Morgan fingerprint density at radius 1 is 1.25 bits per heavy atom. The highest BCUT2D eigenvalue weighted by Crippen LogP contribution is 2.18. The van der Waals surface area contributed by atoms with Crippen LogP contribution in [0.3, 0.4) is 0 Å². The second-order valence-electron chi connectivity index (χ2n) is 5.03. The van der Waals surface area contributed by atoms with E-state index in [9.17, 15) is 4.79 Å². The van der Waals surface area contributed by atoms with Gasteiger partial charge in [0.15, 0.2) is 0 Å². The fourth-order valence-corrected chi connectivity index (χ4v) is 2.65. The van der Waals surface area contributed by atoms with Crippen molar-refractivity contribution in [2.45, 2.75) is 38.1 Å². The largest absolute Gasteiger partial charge is 0.349 e. The number of nitrogens with one attached hydrogen (secondary N) is 1. The maximum atomic E-state index is 12.1. The van der Waals surface area contributed by atoms with Crippen LogP contribution in [0.4, 0.5) is 0 Å². The van der Waals surface area contributed by atoms with Gasteiger partial charge in [-0.3, -0.25) is 4.79 Å². The fraction of sp³-hybridized carbons (Fsp3) is 0.375. The predicted molar refractivity (Wildman–Crippen MR) is 82.7 cm³/mol. The van der Waals surface area contributed by atoms with Crippen LogP contribution < -0.4 is 5.32 Å². The summed E-state index contributed by atoms with van der Waals surface area (Å²) in [5.74, 6) is -0.262. The van der Waals surface area contributed by atoms with E-state index in [1.165, 1.54) is 6.42 Å². The molecule has 1 aromatic carbocycles. The Bertz CT molecular complexity index is 537. The number of carbonyl (C=O) groups excluding carboxylic acids is 1. The van der Waals surface area contributed by atoms with Gasteiger partial charge in [-0.1, -0.05) is 47.3 Å². The van der Waals surface area contributed by atoms with Crippen LogP contribution >= 0.6 is 15.9 Å². The van der Waals surface area contributed by atoms with Crippen LogP contribution in [0.2, 0.25) is 0 Å². The molecule has 0 saturated heterocycles. The number of hydrogen-bond donors (Lipinski definition) is 1. The molecule has 0 aliphatic heterocycles. The standard InChI is InChI=1S/C16H17BrN2O/c17-14-8-6-12(7-9-14)10-13(11-18)16(20)19-15-4-2-1-3-5-15/h6-10,15H,1-5H2,(H,19,20)/b13-10+. The van der Waals surface area contributed by atoms with Crippen molar-refractivity contribution in [3.05, 3.63) is 39.9 Å². The van der Waals surface area contributed by atoms with Gasteiger partial charge in [0.05, 0.1) is 0 Å². The molecule has 0 aromatic heterocycles. The van der Waals surface area contributed by atoms with E-state index in [2.05, 4.69) is 21.2 Å². The number of amides is 1. The normalized spacial score (nSPS) is 16.5. The van der Waals surface area contributed by atoms with Gasteiger partial charge >= 0.3 is 0 Å². The van der Waals surface area contributed by atoms with E-state index in [0.29, 0.717) is 0 Å². The number of nitriles is 1. The monoisotopic (exact) mass is 332 g/mol. The number of halogens is 1. The van der Waals surface area contributed by atoms with Gasteiger partial charge in [0.25, 0.3) is 5.91 Å². The molecule has 1 aliphatic rings. The molecule has 0 radical (unpaired) electrons. The minimum Gasteiger partial charge on any atom is -0.349 e. The van der Waals surface area contributed by atoms with Crippen molar-refractivity contribution in [3.8, 4) is 6.07 Å². The average Bonchev–Trinajstić information content (AvgIpc) is 2.47. The van der Waals surface area contributed by atoms with E-state index >= 15 is 0 Å². The Labute approximate surface area is 127 Å². The molecular weight excluding hydrogens is 316 g/mol. The summed E-state index contributed by atoms with van der Waals surface area (Å²) in [5.41, 5.74) is 1.02. The predicted octanol–water partition coefficient (Wildman–Crippen LogP) is 3.80. The van der Waals surface area contributed by atoms with Gasteiger partial charge in [0.1, 0.15) is 11.6 Å². The van der Waals surface area contributed by atoms with Crippen LogP contribution in [0.25, 0.3) is 6.08 Å². The van der Waals surface area contributed by atoms with Crippen LogP contribution in [0, 0.1) is 11.3 Å². The molecule has 1 saturated carbocycles. The Balaban J connectivity index is 2.05. The lowest BCUT2D eigenvalue weighted by molar-refractivity contribution is -0.117. The summed E-state index contributed by atoms with van der Waals surface area (Å²) in [4.78, 5) is 12.1. The van der Waals surface area contributed by atoms with Crippen molar-refractivity contribution in [1.29, 1.82) is 5.26 Å². The molecule has 1 N–H and O–H groups in total. The third kappa shape index (κ3) is 4.21. The van der Waals surface area contributed by atoms with Gasteiger partial charge in [-0.15, -0.1) is 0 Å². The summed E-state index contributed by atoms with van der Waals surface area (Å²) in [7, 11) is 0. The fourth-order valence-electron chi connectivity index (χ4n) is 2.38. The van der Waals surface area contributed by atoms with Gasteiger partial charge in [-0.25, -0.2) is 0 Å². The maximum Gasteiger partial charge on any atom is 0.262 e. The molecule has 104 valence electrons. The van der Waals surface area contributed by atoms with E-state index in [1.807, 2.05) is 30.3 Å². The minimum absolute atomic E-state index is 0.165. The lowest BCUT2D eigenvalue weighted by Crippen LogP contribution is -2.36. The molecule has 0 heterocycles. The SMILES string of the molecule is N#C/C(=C\c1ccc(Br)cc1)C(=O)NC1CCCCC1. The van der Waals surface area contributed by atoms with Gasteiger partial charge in [0, 0.05) is 10.5 Å². The summed E-state index contributed by atoms with van der Waals surface area (Å²) in [5, 5.41) is 12.1. The zero-order valence-electron chi connectivity index (χ0n) is 11.2. The number of benzene rings is 1. The third-order valence-corrected chi connectivity index (χ3v) is 4.02. The first-order valence-corrected chi connectivity index (χ1v) is 7.66. The Hall–Kier alpha value is -1.60. The summed E-state index contributed by atoms with van der Waals surface area (Å²) in [6.07, 6.45) is 7.22. The van der Waals surface area contributed by atoms with Crippen LogP contribution in [0.5, 0.6) is 0 Å². The molecule has 1 aromatic rings. The second-order valence-corrected chi connectivity index (χ2v) is 5.95. The Morgan fingerprint density at radius 2 is 1.90 bits per heavy atom. The molecule has 0 spiro atoms. The molecule has 20 heavy (non-hydrogen) atoms. The van der Waals surface area contributed by atoms with Crippen molar-refractivity contribution in [2.24, 2.45) is 0 Å². The van der Waals surface area contributed by atoms with Crippen LogP contribution in [-0.4, -0.2) is 11.9 Å². The van der Waals surface area contributed by atoms with Crippen molar-refractivity contribution < 1.29 is 4.79 Å². The van der Waals surface area contributed by atoms with E-state index in [0.717, 1.165) is 35.7 Å². The maximum absolute atomic E-state index is 12.1. The molecule has 0 unspecified atom stereocenters. The lowest BCUT2D eigenvalue weighted by Gasteiger charge is -2.22. The van der Waals surface area contributed by atoms with Gasteiger partial charge in [-0.05, 0) is 36.6 Å².